The number of carbonyl (C=O) groups excluding carboxylic acids is 1. The highest BCUT2D eigenvalue weighted by atomic mass is 32.1. The summed E-state index contributed by atoms with van der Waals surface area (Å²) in [6.45, 7) is 0. The van der Waals surface area contributed by atoms with Crippen LogP contribution in [-0.2, 0) is 4.74 Å². The number of aromatic nitrogens is 2. The number of esters is 1. The zero-order chi connectivity index (χ0) is 10.7. The minimum atomic E-state index is -0.449. The highest BCUT2D eigenvalue weighted by Gasteiger charge is 2.09. The Bertz CT molecular complexity index is 468. The van der Waals surface area contributed by atoms with Gasteiger partial charge in [0.05, 0.1) is 12.0 Å². The first-order chi connectivity index (χ1) is 7.31. The molecule has 0 saturated heterocycles. The monoisotopic (exact) mass is 220 g/mol. The molecule has 5 heteroatoms. The molecule has 2 heterocycles. The highest BCUT2D eigenvalue weighted by Crippen LogP contribution is 2.20. The number of hydrogen-bond donors (Lipinski definition) is 0. The van der Waals surface area contributed by atoms with Crippen molar-refractivity contribution in [3.8, 4) is 10.7 Å². The molecule has 0 atom stereocenters. The van der Waals surface area contributed by atoms with Crippen molar-refractivity contribution >= 4 is 17.3 Å². The van der Waals surface area contributed by atoms with E-state index in [2.05, 4.69) is 14.7 Å². The van der Waals surface area contributed by atoms with Gasteiger partial charge in [0.15, 0.2) is 11.5 Å². The van der Waals surface area contributed by atoms with E-state index in [1.807, 2.05) is 17.5 Å². The first-order valence-corrected chi connectivity index (χ1v) is 5.14. The normalized spacial score (nSPS) is 9.93. The van der Waals surface area contributed by atoms with Crippen molar-refractivity contribution in [2.45, 2.75) is 0 Å². The lowest BCUT2D eigenvalue weighted by Crippen LogP contribution is -2.05. The van der Waals surface area contributed by atoms with E-state index in [-0.39, 0.29) is 5.69 Å². The Labute approximate surface area is 90.6 Å². The molecule has 0 radical (unpaired) electrons. The van der Waals surface area contributed by atoms with Crippen molar-refractivity contribution in [3.63, 3.8) is 0 Å². The molecule has 0 aliphatic heterocycles. The summed E-state index contributed by atoms with van der Waals surface area (Å²) in [7, 11) is 1.33. The predicted molar refractivity (Wildman–Crippen MR) is 56.7 cm³/mol. The first-order valence-electron chi connectivity index (χ1n) is 4.26. The van der Waals surface area contributed by atoms with E-state index < -0.39 is 5.97 Å². The van der Waals surface area contributed by atoms with Gasteiger partial charge in [-0.25, -0.2) is 14.8 Å². The Balaban J connectivity index is 2.39. The Kier molecular flexibility index (Phi) is 2.73. The van der Waals surface area contributed by atoms with Crippen molar-refractivity contribution < 1.29 is 9.53 Å². The molecule has 2 rings (SSSR count). The second-order valence-electron chi connectivity index (χ2n) is 2.73. The number of methoxy groups -OCH3 is 1. The van der Waals surface area contributed by atoms with Crippen molar-refractivity contribution in [3.05, 3.63) is 35.5 Å². The molecule has 15 heavy (non-hydrogen) atoms. The SMILES string of the molecule is COC(=O)c1ccnc(-c2cccs2)n1. The summed E-state index contributed by atoms with van der Waals surface area (Å²) >= 11 is 1.53. The smallest absolute Gasteiger partial charge is 0.356 e. The van der Waals surface area contributed by atoms with Crippen LogP contribution in [0.5, 0.6) is 0 Å². The molecule has 0 amide bonds. The maximum atomic E-state index is 11.2. The van der Waals surface area contributed by atoms with Gasteiger partial charge in [-0.2, -0.15) is 0 Å². The average Bonchev–Trinajstić information content (AvgIpc) is 2.82. The number of rotatable bonds is 2. The number of thiophene rings is 1. The fourth-order valence-electron chi connectivity index (χ4n) is 1.10. The molecule has 0 fully saturated rings. The Morgan fingerprint density at radius 2 is 2.33 bits per heavy atom. The summed E-state index contributed by atoms with van der Waals surface area (Å²) in [5, 5.41) is 1.93. The van der Waals surface area contributed by atoms with Crippen LogP contribution in [0.3, 0.4) is 0 Å². The Hall–Kier alpha value is -1.75. The zero-order valence-corrected chi connectivity index (χ0v) is 8.82. The van der Waals surface area contributed by atoms with Crippen LogP contribution >= 0.6 is 11.3 Å². The third-order valence-corrected chi connectivity index (χ3v) is 2.66. The van der Waals surface area contributed by atoms with Crippen LogP contribution < -0.4 is 0 Å². The first kappa shape index (κ1) is 9.79. The van der Waals surface area contributed by atoms with Gasteiger partial charge in [0.1, 0.15) is 0 Å². The number of carbonyl (C=O) groups is 1. The molecule has 0 aliphatic carbocycles. The van der Waals surface area contributed by atoms with Gasteiger partial charge in [-0.1, -0.05) is 6.07 Å². The van der Waals surface area contributed by atoms with E-state index in [9.17, 15) is 4.79 Å². The molecule has 0 bridgehead atoms. The number of nitrogens with zero attached hydrogens (tertiary/aromatic N) is 2. The van der Waals surface area contributed by atoms with Crippen molar-refractivity contribution in [2.75, 3.05) is 7.11 Å². The summed E-state index contributed by atoms with van der Waals surface area (Å²) < 4.78 is 4.58. The predicted octanol–water partition coefficient (Wildman–Crippen LogP) is 1.99. The molecule has 2 aromatic heterocycles. The third kappa shape index (κ3) is 2.02. The zero-order valence-electron chi connectivity index (χ0n) is 8.01. The topological polar surface area (TPSA) is 52.1 Å². The van der Waals surface area contributed by atoms with Crippen LogP contribution in [0.25, 0.3) is 10.7 Å². The van der Waals surface area contributed by atoms with Gasteiger partial charge in [0.25, 0.3) is 0 Å². The van der Waals surface area contributed by atoms with Gasteiger partial charge in [-0.05, 0) is 17.5 Å². The van der Waals surface area contributed by atoms with Crippen LogP contribution in [0.15, 0.2) is 29.8 Å². The lowest BCUT2D eigenvalue weighted by molar-refractivity contribution is 0.0594. The largest absolute Gasteiger partial charge is 0.464 e. The summed E-state index contributed by atoms with van der Waals surface area (Å²) in [5.74, 6) is 0.100. The number of ether oxygens (including phenoxy) is 1. The molecular weight excluding hydrogens is 212 g/mol. The van der Waals surface area contributed by atoms with E-state index in [0.717, 1.165) is 4.88 Å². The Morgan fingerprint density at radius 3 is 3.00 bits per heavy atom. The van der Waals surface area contributed by atoms with Crippen molar-refractivity contribution in [1.29, 1.82) is 0 Å². The molecule has 0 aromatic carbocycles. The van der Waals surface area contributed by atoms with Crippen LogP contribution in [0.4, 0.5) is 0 Å². The molecule has 0 unspecified atom stereocenters. The maximum Gasteiger partial charge on any atom is 0.356 e. The van der Waals surface area contributed by atoms with E-state index in [1.54, 1.807) is 6.20 Å². The molecule has 0 aliphatic rings. The molecule has 0 saturated carbocycles. The summed E-state index contributed by atoms with van der Waals surface area (Å²) in [4.78, 5) is 20.4. The fourth-order valence-corrected chi connectivity index (χ4v) is 1.77. The molecular formula is C10H8N2O2S. The number of hydrogen-bond acceptors (Lipinski definition) is 5. The van der Waals surface area contributed by atoms with Gasteiger partial charge < -0.3 is 4.74 Å². The van der Waals surface area contributed by atoms with Crippen LogP contribution in [0, 0.1) is 0 Å². The van der Waals surface area contributed by atoms with Crippen LogP contribution in [-0.4, -0.2) is 23.0 Å². The standard InChI is InChI=1S/C10H8N2O2S/c1-14-10(13)7-4-5-11-9(12-7)8-3-2-6-15-8/h2-6H,1H3. The maximum absolute atomic E-state index is 11.2. The fraction of sp³-hybridized carbons (Fsp3) is 0.100. The van der Waals surface area contributed by atoms with E-state index >= 15 is 0 Å². The van der Waals surface area contributed by atoms with E-state index in [0.29, 0.717) is 5.82 Å². The second kappa shape index (κ2) is 4.18. The second-order valence-corrected chi connectivity index (χ2v) is 3.68. The van der Waals surface area contributed by atoms with Crippen LogP contribution in [0.1, 0.15) is 10.5 Å². The lowest BCUT2D eigenvalue weighted by Gasteiger charge is -1.99. The van der Waals surface area contributed by atoms with Crippen molar-refractivity contribution in [2.24, 2.45) is 0 Å². The summed E-state index contributed by atoms with van der Waals surface area (Å²) in [5.41, 5.74) is 0.274. The van der Waals surface area contributed by atoms with Gasteiger partial charge in [0, 0.05) is 6.20 Å². The Morgan fingerprint density at radius 1 is 1.47 bits per heavy atom. The van der Waals surface area contributed by atoms with Crippen molar-refractivity contribution in [1.82, 2.24) is 9.97 Å². The van der Waals surface area contributed by atoms with Crippen LogP contribution in [0.2, 0.25) is 0 Å². The molecule has 76 valence electrons. The van der Waals surface area contributed by atoms with Gasteiger partial charge in [0.2, 0.25) is 0 Å². The molecule has 0 N–H and O–H groups in total. The average molecular weight is 220 g/mol. The lowest BCUT2D eigenvalue weighted by atomic mass is 10.4. The van der Waals surface area contributed by atoms with E-state index in [4.69, 9.17) is 0 Å². The quantitative estimate of drug-likeness (QED) is 0.726. The third-order valence-electron chi connectivity index (χ3n) is 1.79. The van der Waals surface area contributed by atoms with Gasteiger partial charge in [-0.3, -0.25) is 0 Å². The van der Waals surface area contributed by atoms with Gasteiger partial charge >= 0.3 is 5.97 Å². The van der Waals surface area contributed by atoms with Gasteiger partial charge in [-0.15, -0.1) is 11.3 Å². The minimum Gasteiger partial charge on any atom is -0.464 e. The molecule has 4 nitrogen and oxygen atoms in total. The molecule has 0 spiro atoms. The molecule has 2 aromatic rings. The minimum absolute atomic E-state index is 0.274. The summed E-state index contributed by atoms with van der Waals surface area (Å²) in [6, 6.07) is 5.35. The van der Waals surface area contributed by atoms with E-state index in [1.165, 1.54) is 24.5 Å². The summed E-state index contributed by atoms with van der Waals surface area (Å²) in [6.07, 6.45) is 1.55. The highest BCUT2D eigenvalue weighted by molar-refractivity contribution is 7.13.